The maximum atomic E-state index is 2.44. The molecule has 2 nitrogen and oxygen atoms in total. The molecule has 0 N–H and O–H groups in total. The molecule has 0 aliphatic heterocycles. The number of benzene rings is 9. The molecule has 2 heterocycles. The third-order valence-corrected chi connectivity index (χ3v) is 12.2. The number of hydrogen-bond donors (Lipinski definition) is 0. The van der Waals surface area contributed by atoms with Gasteiger partial charge in [-0.25, -0.2) is 0 Å². The molecule has 0 saturated carbocycles. The van der Waals surface area contributed by atoms with Crippen LogP contribution < -0.4 is 4.90 Å². The Hall–Kier alpha value is -6.94. The van der Waals surface area contributed by atoms with E-state index in [0.717, 1.165) is 17.1 Å². The molecule has 2 aromatic heterocycles. The molecule has 0 spiro atoms. The highest BCUT2D eigenvalue weighted by molar-refractivity contribution is 7.27. The number of fused-ring (bicyclic) bond motifs is 8. The van der Waals surface area contributed by atoms with Crippen LogP contribution >= 0.6 is 11.3 Å². The molecule has 11 rings (SSSR count). The van der Waals surface area contributed by atoms with Crippen molar-refractivity contribution in [3.05, 3.63) is 206 Å². The molecule has 0 bridgehead atoms. The zero-order valence-corrected chi connectivity index (χ0v) is 30.7. The van der Waals surface area contributed by atoms with Gasteiger partial charge in [-0.3, -0.25) is 0 Å². The normalized spacial score (nSPS) is 11.6. The Bertz CT molecular complexity index is 3150. The molecular formula is C52H34N2S. The Morgan fingerprint density at radius 3 is 1.71 bits per heavy atom. The van der Waals surface area contributed by atoms with Gasteiger partial charge < -0.3 is 9.47 Å². The first-order chi connectivity index (χ1) is 27.3. The lowest BCUT2D eigenvalue weighted by Gasteiger charge is -2.27. The van der Waals surface area contributed by atoms with E-state index in [4.69, 9.17) is 0 Å². The molecule has 0 aliphatic rings. The van der Waals surface area contributed by atoms with Crippen molar-refractivity contribution in [2.45, 2.75) is 0 Å². The standard InChI is InChI=1S/C52H34N2S/c1-2-13-35(14-3-1)36-27-30-40(31-28-36)53(50-26-12-23-46-47-32-29-37-15-4-5-20-43(37)51(47)55-52(46)50)41-18-10-16-38(33-41)39-17-11-19-42(34-39)54-48-24-8-6-21-44(48)45-22-7-9-25-49(45)54/h1-34H. The summed E-state index contributed by atoms with van der Waals surface area (Å²) in [5.41, 5.74) is 11.7. The number of rotatable bonds is 6. The fourth-order valence-corrected chi connectivity index (χ4v) is 9.74. The van der Waals surface area contributed by atoms with Crippen molar-refractivity contribution in [2.75, 3.05) is 4.90 Å². The summed E-state index contributed by atoms with van der Waals surface area (Å²) in [6.07, 6.45) is 0. The van der Waals surface area contributed by atoms with Crippen molar-refractivity contribution in [3.8, 4) is 27.9 Å². The largest absolute Gasteiger partial charge is 0.309 e. The number of aromatic nitrogens is 1. The van der Waals surface area contributed by atoms with E-state index in [1.54, 1.807) is 0 Å². The molecule has 0 amide bonds. The van der Waals surface area contributed by atoms with E-state index < -0.39 is 0 Å². The predicted molar refractivity (Wildman–Crippen MR) is 237 cm³/mol. The van der Waals surface area contributed by atoms with Crippen molar-refractivity contribution >= 4 is 81.1 Å². The summed E-state index contributed by atoms with van der Waals surface area (Å²) in [6, 6.07) is 75.1. The minimum absolute atomic E-state index is 1.11. The molecule has 0 saturated heterocycles. The first kappa shape index (κ1) is 31.6. The first-order valence-electron chi connectivity index (χ1n) is 18.8. The second kappa shape index (κ2) is 12.9. The van der Waals surface area contributed by atoms with Crippen LogP contribution in [0.2, 0.25) is 0 Å². The number of nitrogens with zero attached hydrogens (tertiary/aromatic N) is 2. The quantitative estimate of drug-likeness (QED) is 0.166. The van der Waals surface area contributed by atoms with Crippen LogP contribution in [-0.2, 0) is 0 Å². The van der Waals surface area contributed by atoms with E-state index in [0.29, 0.717) is 0 Å². The smallest absolute Gasteiger partial charge is 0.0640 e. The molecular weight excluding hydrogens is 685 g/mol. The van der Waals surface area contributed by atoms with Gasteiger partial charge in [0.1, 0.15) is 0 Å². The molecule has 11 aromatic rings. The Morgan fingerprint density at radius 2 is 0.927 bits per heavy atom. The van der Waals surface area contributed by atoms with Gasteiger partial charge in [0, 0.05) is 43.3 Å². The minimum atomic E-state index is 1.11. The molecule has 0 radical (unpaired) electrons. The third-order valence-electron chi connectivity index (χ3n) is 11.0. The average molecular weight is 719 g/mol. The summed E-state index contributed by atoms with van der Waals surface area (Å²) in [7, 11) is 0. The molecule has 0 aliphatic carbocycles. The SMILES string of the molecule is c1ccc(-c2ccc(N(c3cccc(-c4cccc(-n5c6ccccc6c6ccccc65)c4)c3)c3cccc4c3sc3c5ccccc5ccc43)cc2)cc1. The maximum absolute atomic E-state index is 2.44. The molecule has 9 aromatic carbocycles. The van der Waals surface area contributed by atoms with E-state index in [1.165, 1.54) is 80.7 Å². The topological polar surface area (TPSA) is 8.17 Å². The Labute approximate surface area is 323 Å². The fourth-order valence-electron chi connectivity index (χ4n) is 8.40. The van der Waals surface area contributed by atoms with Crippen LogP contribution in [0.3, 0.4) is 0 Å². The summed E-state index contributed by atoms with van der Waals surface area (Å²) in [4.78, 5) is 2.44. The van der Waals surface area contributed by atoms with Crippen LogP contribution in [0.1, 0.15) is 0 Å². The monoisotopic (exact) mass is 718 g/mol. The number of para-hydroxylation sites is 2. The third kappa shape index (κ3) is 5.24. The lowest BCUT2D eigenvalue weighted by Crippen LogP contribution is -2.10. The Kier molecular flexibility index (Phi) is 7.39. The number of thiophene rings is 1. The molecule has 0 atom stereocenters. The highest BCUT2D eigenvalue weighted by atomic mass is 32.1. The number of anilines is 3. The Balaban J connectivity index is 1.09. The minimum Gasteiger partial charge on any atom is -0.309 e. The summed E-state index contributed by atoms with van der Waals surface area (Å²) < 4.78 is 5.00. The van der Waals surface area contributed by atoms with Crippen molar-refractivity contribution in [2.24, 2.45) is 0 Å². The van der Waals surface area contributed by atoms with Gasteiger partial charge in [-0.15, -0.1) is 11.3 Å². The molecule has 0 unspecified atom stereocenters. The fraction of sp³-hybridized carbons (Fsp3) is 0. The van der Waals surface area contributed by atoms with Gasteiger partial charge in [0.25, 0.3) is 0 Å². The predicted octanol–water partition coefficient (Wildman–Crippen LogP) is 15.1. The molecule has 3 heteroatoms. The highest BCUT2D eigenvalue weighted by Gasteiger charge is 2.20. The highest BCUT2D eigenvalue weighted by Crippen LogP contribution is 2.47. The summed E-state index contributed by atoms with van der Waals surface area (Å²) in [5, 5.41) is 7.69. The summed E-state index contributed by atoms with van der Waals surface area (Å²) in [6.45, 7) is 0. The second-order valence-corrected chi connectivity index (χ2v) is 15.2. The molecule has 258 valence electrons. The van der Waals surface area contributed by atoms with Crippen LogP contribution in [0.15, 0.2) is 206 Å². The van der Waals surface area contributed by atoms with E-state index in [9.17, 15) is 0 Å². The van der Waals surface area contributed by atoms with Crippen LogP contribution in [0.25, 0.3) is 80.7 Å². The van der Waals surface area contributed by atoms with Crippen LogP contribution in [0.4, 0.5) is 17.1 Å². The van der Waals surface area contributed by atoms with Crippen molar-refractivity contribution in [1.29, 1.82) is 0 Å². The van der Waals surface area contributed by atoms with E-state index in [1.807, 2.05) is 11.3 Å². The van der Waals surface area contributed by atoms with Gasteiger partial charge in [0.05, 0.1) is 21.4 Å². The zero-order valence-electron chi connectivity index (χ0n) is 29.9. The van der Waals surface area contributed by atoms with E-state index >= 15 is 0 Å². The molecule has 0 fully saturated rings. The van der Waals surface area contributed by atoms with Gasteiger partial charge in [-0.05, 0) is 87.6 Å². The second-order valence-electron chi connectivity index (χ2n) is 14.1. The van der Waals surface area contributed by atoms with Gasteiger partial charge >= 0.3 is 0 Å². The average Bonchev–Trinajstić information content (AvgIpc) is 3.82. The number of hydrogen-bond acceptors (Lipinski definition) is 2. The lowest BCUT2D eigenvalue weighted by molar-refractivity contribution is 1.18. The Morgan fingerprint density at radius 1 is 0.345 bits per heavy atom. The van der Waals surface area contributed by atoms with Crippen molar-refractivity contribution < 1.29 is 0 Å². The van der Waals surface area contributed by atoms with Gasteiger partial charge in [0.2, 0.25) is 0 Å². The van der Waals surface area contributed by atoms with Crippen molar-refractivity contribution in [1.82, 2.24) is 4.57 Å². The maximum Gasteiger partial charge on any atom is 0.0640 e. The van der Waals surface area contributed by atoms with Crippen LogP contribution in [-0.4, -0.2) is 4.57 Å². The van der Waals surface area contributed by atoms with Crippen molar-refractivity contribution in [3.63, 3.8) is 0 Å². The zero-order chi connectivity index (χ0) is 36.3. The first-order valence-corrected chi connectivity index (χ1v) is 19.6. The van der Waals surface area contributed by atoms with Gasteiger partial charge in [0.15, 0.2) is 0 Å². The molecule has 55 heavy (non-hydrogen) atoms. The van der Waals surface area contributed by atoms with E-state index in [-0.39, 0.29) is 0 Å². The van der Waals surface area contributed by atoms with Crippen LogP contribution in [0, 0.1) is 0 Å². The summed E-state index contributed by atoms with van der Waals surface area (Å²) >= 11 is 1.89. The summed E-state index contributed by atoms with van der Waals surface area (Å²) in [5.74, 6) is 0. The van der Waals surface area contributed by atoms with Gasteiger partial charge in [-0.2, -0.15) is 0 Å². The van der Waals surface area contributed by atoms with Crippen LogP contribution in [0.5, 0.6) is 0 Å². The lowest BCUT2D eigenvalue weighted by atomic mass is 10.0. The van der Waals surface area contributed by atoms with Gasteiger partial charge in [-0.1, -0.05) is 152 Å². The van der Waals surface area contributed by atoms with E-state index in [2.05, 4.69) is 216 Å².